The van der Waals surface area contributed by atoms with E-state index in [1.807, 2.05) is 0 Å². The molecule has 0 atom stereocenters. The van der Waals surface area contributed by atoms with Crippen molar-refractivity contribution in [2.75, 3.05) is 11.9 Å². The van der Waals surface area contributed by atoms with Gasteiger partial charge < -0.3 is 14.5 Å². The maximum atomic E-state index is 13.0. The van der Waals surface area contributed by atoms with Crippen LogP contribution in [0.3, 0.4) is 0 Å². The molecule has 0 radical (unpaired) electrons. The molecule has 2 aromatic heterocycles. The molecule has 0 bridgehead atoms. The van der Waals surface area contributed by atoms with Crippen LogP contribution in [0.15, 0.2) is 40.8 Å². The number of hydrogen-bond donors (Lipinski definition) is 1. The van der Waals surface area contributed by atoms with Crippen LogP contribution in [0.5, 0.6) is 0 Å². The summed E-state index contributed by atoms with van der Waals surface area (Å²) in [6.07, 6.45) is -0.923. The molecule has 1 aliphatic rings. The van der Waals surface area contributed by atoms with Crippen LogP contribution in [0.2, 0.25) is 0 Å². The highest BCUT2D eigenvalue weighted by molar-refractivity contribution is 7.17. The average molecular weight is 463 g/mol. The summed E-state index contributed by atoms with van der Waals surface area (Å²) >= 11 is 1.35. The summed E-state index contributed by atoms with van der Waals surface area (Å²) in [6, 6.07) is 7.52. The molecule has 32 heavy (non-hydrogen) atoms. The van der Waals surface area contributed by atoms with Crippen LogP contribution in [-0.4, -0.2) is 18.5 Å². The number of hydrogen-bond acceptors (Lipinski definition) is 5. The fourth-order valence-corrected chi connectivity index (χ4v) is 4.97. The largest absolute Gasteiger partial charge is 0.462 e. The molecule has 0 saturated heterocycles. The molecule has 0 unspecified atom stereocenters. The van der Waals surface area contributed by atoms with E-state index in [-0.39, 0.29) is 23.7 Å². The van der Waals surface area contributed by atoms with E-state index in [1.165, 1.54) is 35.6 Å². The molecular formula is C23H20F3NO4S. The van der Waals surface area contributed by atoms with Gasteiger partial charge in [0.25, 0.3) is 5.91 Å². The Kier molecular flexibility index (Phi) is 6.10. The molecule has 3 aromatic rings. The van der Waals surface area contributed by atoms with Crippen LogP contribution in [0.25, 0.3) is 11.3 Å². The third kappa shape index (κ3) is 4.43. The van der Waals surface area contributed by atoms with Gasteiger partial charge in [0.15, 0.2) is 5.76 Å². The number of amides is 1. The summed E-state index contributed by atoms with van der Waals surface area (Å²) in [5, 5.41) is 3.13. The Morgan fingerprint density at radius 3 is 2.69 bits per heavy atom. The Hall–Kier alpha value is -3.07. The standard InChI is InChI=1S/C23H20F3NO4S/c1-2-30-22(29)19-15-8-3-4-9-18(15)32-21(19)27-20(28)17-11-10-16(31-17)13-6-5-7-14(12-13)23(24,25)26/h5-7,10-12H,2-4,8-9H2,1H3,(H,27,28). The molecular weight excluding hydrogens is 443 g/mol. The summed E-state index contributed by atoms with van der Waals surface area (Å²) in [5.74, 6) is -1.00. The van der Waals surface area contributed by atoms with E-state index in [4.69, 9.17) is 9.15 Å². The van der Waals surface area contributed by atoms with E-state index in [0.717, 1.165) is 48.3 Å². The normalized spacial score (nSPS) is 13.5. The second kappa shape index (κ2) is 8.82. The molecule has 9 heteroatoms. The first-order chi connectivity index (χ1) is 15.3. The number of benzene rings is 1. The van der Waals surface area contributed by atoms with Gasteiger partial charge in [0, 0.05) is 10.4 Å². The molecule has 2 heterocycles. The molecule has 1 aromatic carbocycles. The fraction of sp³-hybridized carbons (Fsp3) is 0.304. The van der Waals surface area contributed by atoms with Gasteiger partial charge in [0.1, 0.15) is 10.8 Å². The predicted molar refractivity (Wildman–Crippen MR) is 114 cm³/mol. The number of furan rings is 1. The maximum absolute atomic E-state index is 13.0. The van der Waals surface area contributed by atoms with E-state index in [0.29, 0.717) is 10.6 Å². The second-order valence-electron chi connectivity index (χ2n) is 7.33. The number of carbonyl (C=O) groups is 2. The van der Waals surface area contributed by atoms with Crippen molar-refractivity contribution in [2.24, 2.45) is 0 Å². The van der Waals surface area contributed by atoms with Gasteiger partial charge in [-0.25, -0.2) is 4.79 Å². The van der Waals surface area contributed by atoms with E-state index >= 15 is 0 Å². The van der Waals surface area contributed by atoms with Crippen molar-refractivity contribution in [3.05, 3.63) is 63.7 Å². The zero-order valence-electron chi connectivity index (χ0n) is 17.2. The van der Waals surface area contributed by atoms with Crippen molar-refractivity contribution in [1.82, 2.24) is 0 Å². The average Bonchev–Trinajstić information content (AvgIpc) is 3.38. The topological polar surface area (TPSA) is 68.5 Å². The van der Waals surface area contributed by atoms with E-state index in [1.54, 1.807) is 6.92 Å². The first-order valence-corrected chi connectivity index (χ1v) is 11.0. The third-order valence-corrected chi connectivity index (χ3v) is 6.39. The van der Waals surface area contributed by atoms with Gasteiger partial charge in [0.2, 0.25) is 0 Å². The van der Waals surface area contributed by atoms with Crippen molar-refractivity contribution in [1.29, 1.82) is 0 Å². The van der Waals surface area contributed by atoms with Crippen LogP contribution in [0, 0.1) is 0 Å². The van der Waals surface area contributed by atoms with Gasteiger partial charge in [-0.05, 0) is 62.4 Å². The number of halogens is 3. The number of rotatable bonds is 5. The van der Waals surface area contributed by atoms with Gasteiger partial charge in [-0.3, -0.25) is 4.79 Å². The van der Waals surface area contributed by atoms with Crippen molar-refractivity contribution >= 4 is 28.2 Å². The van der Waals surface area contributed by atoms with Crippen molar-refractivity contribution in [3.8, 4) is 11.3 Å². The lowest BCUT2D eigenvalue weighted by atomic mass is 9.95. The van der Waals surface area contributed by atoms with Gasteiger partial charge in [-0.2, -0.15) is 13.2 Å². The molecule has 168 valence electrons. The Balaban J connectivity index is 1.59. The van der Waals surface area contributed by atoms with Crippen molar-refractivity contribution < 1.29 is 31.9 Å². The van der Waals surface area contributed by atoms with Crippen LogP contribution >= 0.6 is 11.3 Å². The van der Waals surface area contributed by atoms with Crippen molar-refractivity contribution in [3.63, 3.8) is 0 Å². The highest BCUT2D eigenvalue weighted by atomic mass is 32.1. The van der Waals surface area contributed by atoms with E-state index in [2.05, 4.69) is 5.32 Å². The molecule has 1 N–H and O–H groups in total. The number of anilines is 1. The number of aryl methyl sites for hydroxylation is 1. The summed E-state index contributed by atoms with van der Waals surface area (Å²) in [4.78, 5) is 26.4. The Bertz CT molecular complexity index is 1160. The summed E-state index contributed by atoms with van der Waals surface area (Å²) in [6.45, 7) is 1.93. The van der Waals surface area contributed by atoms with E-state index < -0.39 is 23.6 Å². The molecule has 1 aliphatic carbocycles. The first kappa shape index (κ1) is 22.1. The third-order valence-electron chi connectivity index (χ3n) is 5.18. The lowest BCUT2D eigenvalue weighted by molar-refractivity contribution is -0.137. The number of esters is 1. The van der Waals surface area contributed by atoms with E-state index in [9.17, 15) is 22.8 Å². The zero-order chi connectivity index (χ0) is 22.9. The summed E-state index contributed by atoms with van der Waals surface area (Å²) in [5.41, 5.74) is 0.696. The lowest BCUT2D eigenvalue weighted by Gasteiger charge is -2.12. The van der Waals surface area contributed by atoms with Crippen LogP contribution in [-0.2, 0) is 23.8 Å². The van der Waals surface area contributed by atoms with Gasteiger partial charge in [-0.15, -0.1) is 11.3 Å². The Labute approximate surface area is 186 Å². The van der Waals surface area contributed by atoms with Crippen molar-refractivity contribution in [2.45, 2.75) is 38.8 Å². The molecule has 4 rings (SSSR count). The minimum Gasteiger partial charge on any atom is -0.462 e. The Morgan fingerprint density at radius 2 is 1.94 bits per heavy atom. The number of nitrogens with one attached hydrogen (secondary N) is 1. The molecule has 0 saturated carbocycles. The number of carbonyl (C=O) groups excluding carboxylic acids is 2. The monoisotopic (exact) mass is 463 g/mol. The first-order valence-electron chi connectivity index (χ1n) is 10.2. The quantitative estimate of drug-likeness (QED) is 0.449. The fourth-order valence-electron chi connectivity index (χ4n) is 3.70. The van der Waals surface area contributed by atoms with Gasteiger partial charge >= 0.3 is 12.1 Å². The zero-order valence-corrected chi connectivity index (χ0v) is 18.0. The number of alkyl halides is 3. The Morgan fingerprint density at radius 1 is 1.16 bits per heavy atom. The number of fused-ring (bicyclic) bond motifs is 1. The van der Waals surface area contributed by atoms with Crippen LogP contribution in [0.4, 0.5) is 18.2 Å². The lowest BCUT2D eigenvalue weighted by Crippen LogP contribution is -2.15. The summed E-state index contributed by atoms with van der Waals surface area (Å²) < 4.78 is 49.7. The van der Waals surface area contributed by atoms with Crippen LogP contribution in [0.1, 0.15) is 56.7 Å². The molecule has 0 aliphatic heterocycles. The molecule has 1 amide bonds. The maximum Gasteiger partial charge on any atom is 0.416 e. The molecule has 0 spiro atoms. The number of thiophene rings is 1. The molecule has 5 nitrogen and oxygen atoms in total. The minimum atomic E-state index is -4.48. The van der Waals surface area contributed by atoms with Gasteiger partial charge in [-0.1, -0.05) is 12.1 Å². The molecule has 0 fully saturated rings. The minimum absolute atomic E-state index is 0.0707. The van der Waals surface area contributed by atoms with Crippen LogP contribution < -0.4 is 5.32 Å². The highest BCUT2D eigenvalue weighted by Crippen LogP contribution is 2.39. The smallest absolute Gasteiger partial charge is 0.416 e. The highest BCUT2D eigenvalue weighted by Gasteiger charge is 2.31. The second-order valence-corrected chi connectivity index (χ2v) is 8.44. The number of ether oxygens (including phenoxy) is 1. The SMILES string of the molecule is CCOC(=O)c1c(NC(=O)c2ccc(-c3cccc(C(F)(F)F)c3)o2)sc2c1CCCC2. The predicted octanol–water partition coefficient (Wildman–Crippen LogP) is 6.33. The summed E-state index contributed by atoms with van der Waals surface area (Å²) in [7, 11) is 0. The van der Waals surface area contributed by atoms with Gasteiger partial charge in [0.05, 0.1) is 17.7 Å².